The lowest BCUT2D eigenvalue weighted by Gasteiger charge is -2.33. The summed E-state index contributed by atoms with van der Waals surface area (Å²) in [4.78, 5) is 9.32. The molecule has 1 aliphatic rings. The second kappa shape index (κ2) is 3.74. The standard InChI is InChI=1S/C19H15N3/c1-19(2)13-7-3-6-12-16-15(9-5-10-20-16)22(17(12)13)18-14(19)8-4-11-21-18/h3-11H,1-2H3. The van der Waals surface area contributed by atoms with Gasteiger partial charge in [0.25, 0.3) is 0 Å². The highest BCUT2D eigenvalue weighted by Gasteiger charge is 2.35. The van der Waals surface area contributed by atoms with Crippen LogP contribution in [0.3, 0.4) is 0 Å². The van der Waals surface area contributed by atoms with Gasteiger partial charge in [-0.2, -0.15) is 0 Å². The summed E-state index contributed by atoms with van der Waals surface area (Å²) >= 11 is 0. The van der Waals surface area contributed by atoms with Crippen LogP contribution in [0.4, 0.5) is 0 Å². The molecule has 0 amide bonds. The molecule has 0 fully saturated rings. The van der Waals surface area contributed by atoms with Gasteiger partial charge in [0.05, 0.1) is 16.6 Å². The van der Waals surface area contributed by atoms with E-state index in [1.54, 1.807) is 0 Å². The van der Waals surface area contributed by atoms with E-state index in [0.717, 1.165) is 16.9 Å². The first-order valence-electron chi connectivity index (χ1n) is 7.54. The molecule has 22 heavy (non-hydrogen) atoms. The Morgan fingerprint density at radius 2 is 1.64 bits per heavy atom. The minimum absolute atomic E-state index is 0.0620. The maximum atomic E-state index is 4.70. The van der Waals surface area contributed by atoms with Crippen LogP contribution in [-0.4, -0.2) is 14.5 Å². The molecule has 4 heterocycles. The van der Waals surface area contributed by atoms with E-state index in [1.165, 1.54) is 22.0 Å². The number of para-hydroxylation sites is 1. The fourth-order valence-corrected chi connectivity index (χ4v) is 3.81. The zero-order chi connectivity index (χ0) is 14.9. The van der Waals surface area contributed by atoms with Crippen molar-refractivity contribution >= 4 is 21.9 Å². The van der Waals surface area contributed by atoms with Crippen LogP contribution in [0.15, 0.2) is 54.9 Å². The van der Waals surface area contributed by atoms with Gasteiger partial charge in [-0.15, -0.1) is 0 Å². The van der Waals surface area contributed by atoms with Crippen LogP contribution < -0.4 is 0 Å². The Kier molecular flexibility index (Phi) is 2.03. The Labute approximate surface area is 128 Å². The molecule has 4 aromatic rings. The summed E-state index contributed by atoms with van der Waals surface area (Å²) in [6.07, 6.45) is 3.73. The topological polar surface area (TPSA) is 30.7 Å². The molecule has 0 bridgehead atoms. The van der Waals surface area contributed by atoms with Gasteiger partial charge in [0.1, 0.15) is 5.82 Å². The summed E-state index contributed by atoms with van der Waals surface area (Å²) in [5.74, 6) is 1.03. The second-order valence-electron chi connectivity index (χ2n) is 6.41. The van der Waals surface area contributed by atoms with Crippen LogP contribution in [0.5, 0.6) is 0 Å². The average molecular weight is 285 g/mol. The monoisotopic (exact) mass is 285 g/mol. The van der Waals surface area contributed by atoms with E-state index in [-0.39, 0.29) is 5.41 Å². The normalized spacial score (nSPS) is 15.2. The first kappa shape index (κ1) is 11.9. The maximum absolute atomic E-state index is 4.70. The van der Waals surface area contributed by atoms with Crippen molar-refractivity contribution in [2.75, 3.05) is 0 Å². The van der Waals surface area contributed by atoms with Crippen LogP contribution in [0.1, 0.15) is 25.0 Å². The fourth-order valence-electron chi connectivity index (χ4n) is 3.81. The fraction of sp³-hybridized carbons (Fsp3) is 0.158. The molecule has 0 atom stereocenters. The van der Waals surface area contributed by atoms with Gasteiger partial charge in [-0.25, -0.2) is 4.98 Å². The molecular weight excluding hydrogens is 270 g/mol. The summed E-state index contributed by atoms with van der Waals surface area (Å²) in [7, 11) is 0. The summed E-state index contributed by atoms with van der Waals surface area (Å²) in [5, 5.41) is 1.21. The highest BCUT2D eigenvalue weighted by atomic mass is 15.1. The van der Waals surface area contributed by atoms with Crippen molar-refractivity contribution < 1.29 is 0 Å². The smallest absolute Gasteiger partial charge is 0.141 e. The zero-order valence-electron chi connectivity index (χ0n) is 12.5. The predicted octanol–water partition coefficient (Wildman–Crippen LogP) is 4.21. The van der Waals surface area contributed by atoms with Crippen molar-refractivity contribution in [3.63, 3.8) is 0 Å². The molecule has 0 saturated heterocycles. The molecule has 3 heteroatoms. The number of rotatable bonds is 0. The van der Waals surface area contributed by atoms with Gasteiger partial charge in [-0.05, 0) is 23.8 Å². The number of pyridine rings is 2. The molecule has 0 unspecified atom stereocenters. The van der Waals surface area contributed by atoms with Gasteiger partial charge < -0.3 is 0 Å². The summed E-state index contributed by atoms with van der Waals surface area (Å²) in [6, 6.07) is 14.9. The molecule has 5 rings (SSSR count). The van der Waals surface area contributed by atoms with E-state index in [0.29, 0.717) is 0 Å². The van der Waals surface area contributed by atoms with E-state index in [4.69, 9.17) is 4.98 Å². The Balaban J connectivity index is 2.15. The molecule has 0 radical (unpaired) electrons. The van der Waals surface area contributed by atoms with Crippen molar-refractivity contribution in [3.05, 3.63) is 66.0 Å². The van der Waals surface area contributed by atoms with Gasteiger partial charge in [-0.1, -0.05) is 38.1 Å². The molecule has 1 aliphatic heterocycles. The van der Waals surface area contributed by atoms with Crippen LogP contribution in [0.2, 0.25) is 0 Å². The van der Waals surface area contributed by atoms with Crippen molar-refractivity contribution in [2.45, 2.75) is 19.3 Å². The molecule has 0 saturated carbocycles. The van der Waals surface area contributed by atoms with Crippen LogP contribution in [0, 0.1) is 0 Å². The Bertz CT molecular complexity index is 1060. The lowest BCUT2D eigenvalue weighted by atomic mass is 9.76. The van der Waals surface area contributed by atoms with E-state index in [2.05, 4.69) is 53.7 Å². The van der Waals surface area contributed by atoms with Crippen LogP contribution in [0.25, 0.3) is 27.8 Å². The van der Waals surface area contributed by atoms with Gasteiger partial charge in [0.2, 0.25) is 0 Å². The third-order valence-corrected chi connectivity index (χ3v) is 4.89. The quantitative estimate of drug-likeness (QED) is 0.484. The first-order chi connectivity index (χ1) is 10.7. The van der Waals surface area contributed by atoms with Crippen LogP contribution >= 0.6 is 0 Å². The Morgan fingerprint density at radius 3 is 2.55 bits per heavy atom. The highest BCUT2D eigenvalue weighted by molar-refractivity contribution is 6.09. The third kappa shape index (κ3) is 1.23. The molecule has 106 valence electrons. The summed E-state index contributed by atoms with van der Waals surface area (Å²) in [6.45, 7) is 4.55. The largest absolute Gasteiger partial charge is 0.292 e. The van der Waals surface area contributed by atoms with Gasteiger partial charge in [-0.3, -0.25) is 9.55 Å². The lowest BCUT2D eigenvalue weighted by molar-refractivity contribution is 0.624. The number of hydrogen-bond donors (Lipinski definition) is 0. The van der Waals surface area contributed by atoms with Gasteiger partial charge in [0.15, 0.2) is 0 Å². The number of hydrogen-bond acceptors (Lipinski definition) is 2. The number of aromatic nitrogens is 3. The lowest BCUT2D eigenvalue weighted by Crippen LogP contribution is -2.26. The molecule has 3 nitrogen and oxygen atoms in total. The van der Waals surface area contributed by atoms with Gasteiger partial charge in [0, 0.05) is 28.8 Å². The van der Waals surface area contributed by atoms with E-state index < -0.39 is 0 Å². The van der Waals surface area contributed by atoms with Crippen molar-refractivity contribution in [2.24, 2.45) is 0 Å². The van der Waals surface area contributed by atoms with E-state index in [9.17, 15) is 0 Å². The van der Waals surface area contributed by atoms with Gasteiger partial charge >= 0.3 is 0 Å². The second-order valence-corrected chi connectivity index (χ2v) is 6.41. The molecule has 1 aromatic carbocycles. The summed E-state index contributed by atoms with van der Waals surface area (Å²) < 4.78 is 2.27. The molecule has 0 aliphatic carbocycles. The van der Waals surface area contributed by atoms with E-state index >= 15 is 0 Å². The Morgan fingerprint density at radius 1 is 0.864 bits per heavy atom. The minimum atomic E-state index is -0.0620. The molecule has 0 spiro atoms. The average Bonchev–Trinajstić information content (AvgIpc) is 2.88. The SMILES string of the molecule is CC1(C)c2cccnc2-n2c3cccnc3c3cccc1c32. The predicted molar refractivity (Wildman–Crippen MR) is 88.5 cm³/mol. The van der Waals surface area contributed by atoms with Crippen molar-refractivity contribution in [1.29, 1.82) is 0 Å². The van der Waals surface area contributed by atoms with Crippen molar-refractivity contribution in [3.8, 4) is 5.82 Å². The molecule has 0 N–H and O–H groups in total. The maximum Gasteiger partial charge on any atom is 0.141 e. The third-order valence-electron chi connectivity index (χ3n) is 4.89. The highest BCUT2D eigenvalue weighted by Crippen LogP contribution is 2.45. The Hall–Kier alpha value is -2.68. The number of fused-ring (bicyclic) bond motifs is 5. The van der Waals surface area contributed by atoms with E-state index in [1.807, 2.05) is 24.5 Å². The molecule has 3 aromatic heterocycles. The first-order valence-corrected chi connectivity index (χ1v) is 7.54. The minimum Gasteiger partial charge on any atom is -0.292 e. The van der Waals surface area contributed by atoms with Crippen LogP contribution in [-0.2, 0) is 5.41 Å². The molecular formula is C19H15N3. The number of nitrogens with zero attached hydrogens (tertiary/aromatic N) is 3. The zero-order valence-corrected chi connectivity index (χ0v) is 12.5. The van der Waals surface area contributed by atoms with Crippen molar-refractivity contribution in [1.82, 2.24) is 14.5 Å². The summed E-state index contributed by atoms with van der Waals surface area (Å²) in [5.41, 5.74) is 5.95. The number of benzene rings is 1.